The Bertz CT molecular complexity index is 1420. The van der Waals surface area contributed by atoms with Gasteiger partial charge in [-0.05, 0) is 67.6 Å². The largest absolute Gasteiger partial charge is 0.508 e. The minimum atomic E-state index is -0.558. The first kappa shape index (κ1) is 20.2. The van der Waals surface area contributed by atoms with Crippen LogP contribution >= 0.6 is 0 Å². The van der Waals surface area contributed by atoms with Crippen molar-refractivity contribution in [2.75, 3.05) is 7.11 Å². The zero-order valence-electron chi connectivity index (χ0n) is 18.0. The van der Waals surface area contributed by atoms with Crippen molar-refractivity contribution >= 4 is 27.8 Å². The van der Waals surface area contributed by atoms with E-state index in [1.165, 1.54) is 17.7 Å². The van der Waals surface area contributed by atoms with Gasteiger partial charge in [-0.1, -0.05) is 0 Å². The molecule has 4 aromatic rings. The van der Waals surface area contributed by atoms with Crippen LogP contribution in [-0.4, -0.2) is 23.1 Å². The number of aryl methyl sites for hydroxylation is 2. The molecule has 1 atom stereocenters. The highest BCUT2D eigenvalue weighted by atomic mass is 16.5. The first-order chi connectivity index (χ1) is 15.4. The second-order valence-corrected chi connectivity index (χ2v) is 8.29. The molecule has 0 unspecified atom stereocenters. The van der Waals surface area contributed by atoms with Gasteiger partial charge in [-0.15, -0.1) is 0 Å². The van der Waals surface area contributed by atoms with Crippen molar-refractivity contribution in [2.45, 2.75) is 38.6 Å². The van der Waals surface area contributed by atoms with Gasteiger partial charge in [0, 0.05) is 28.0 Å². The van der Waals surface area contributed by atoms with Crippen molar-refractivity contribution < 1.29 is 19.1 Å². The van der Waals surface area contributed by atoms with E-state index in [9.17, 15) is 14.7 Å². The standard InChI is InChI=1S/C25H24N2O5/c1-13-16-8-6-14(28)10-22(16)32-25(30)18(13)12-23(29)26-21-5-3-4-17-19-11-15(31-2)7-9-20(19)27-24(17)21/h6-11,21,27-28H,3-5,12H2,1-2H3,(H,26,29)/t21-/m0/s1. The third-order valence-corrected chi connectivity index (χ3v) is 6.36. The smallest absolute Gasteiger partial charge is 0.340 e. The summed E-state index contributed by atoms with van der Waals surface area (Å²) in [7, 11) is 1.65. The molecule has 0 bridgehead atoms. The predicted octanol–water partition coefficient (Wildman–Crippen LogP) is 4.03. The van der Waals surface area contributed by atoms with Gasteiger partial charge in [-0.2, -0.15) is 0 Å². The van der Waals surface area contributed by atoms with Crippen LogP contribution in [0.3, 0.4) is 0 Å². The maximum atomic E-state index is 12.9. The van der Waals surface area contributed by atoms with Crippen LogP contribution in [0.15, 0.2) is 45.6 Å². The lowest BCUT2D eigenvalue weighted by Gasteiger charge is -2.24. The molecule has 1 amide bonds. The summed E-state index contributed by atoms with van der Waals surface area (Å²) < 4.78 is 10.7. The monoisotopic (exact) mass is 432 g/mol. The minimum absolute atomic E-state index is 0.0228. The fourth-order valence-electron chi connectivity index (χ4n) is 4.71. The number of amides is 1. The molecule has 2 aromatic carbocycles. The number of H-pyrrole nitrogens is 1. The Balaban J connectivity index is 1.42. The number of carbonyl (C=O) groups excluding carboxylic acids is 1. The number of aromatic amines is 1. The molecule has 32 heavy (non-hydrogen) atoms. The van der Waals surface area contributed by atoms with Gasteiger partial charge in [-0.25, -0.2) is 4.79 Å². The molecule has 7 heteroatoms. The summed E-state index contributed by atoms with van der Waals surface area (Å²) in [6, 6.07) is 10.4. The number of phenols is 1. The molecule has 0 saturated heterocycles. The third kappa shape index (κ3) is 3.39. The summed E-state index contributed by atoms with van der Waals surface area (Å²) in [5, 5.41) is 14.6. The Hall–Kier alpha value is -3.74. The van der Waals surface area contributed by atoms with Gasteiger partial charge in [0.1, 0.15) is 17.1 Å². The molecule has 1 aliphatic rings. The van der Waals surface area contributed by atoms with Crippen LogP contribution in [-0.2, 0) is 17.6 Å². The summed E-state index contributed by atoms with van der Waals surface area (Å²) in [5.41, 5.74) is 4.01. The summed E-state index contributed by atoms with van der Waals surface area (Å²) in [6.07, 6.45) is 2.66. The van der Waals surface area contributed by atoms with Crippen molar-refractivity contribution in [3.63, 3.8) is 0 Å². The van der Waals surface area contributed by atoms with E-state index < -0.39 is 5.63 Å². The Morgan fingerprint density at radius 2 is 2.09 bits per heavy atom. The second kappa shape index (κ2) is 7.75. The Labute approximate surface area is 184 Å². The van der Waals surface area contributed by atoms with Gasteiger partial charge in [0.15, 0.2) is 0 Å². The minimum Gasteiger partial charge on any atom is -0.508 e. The number of aromatic nitrogens is 1. The Morgan fingerprint density at radius 1 is 1.25 bits per heavy atom. The van der Waals surface area contributed by atoms with Crippen LogP contribution in [0.25, 0.3) is 21.9 Å². The number of aromatic hydroxyl groups is 1. The molecule has 5 rings (SSSR count). The molecular formula is C25H24N2O5. The lowest BCUT2D eigenvalue weighted by atomic mass is 9.91. The quantitative estimate of drug-likeness (QED) is 0.422. The third-order valence-electron chi connectivity index (χ3n) is 6.36. The molecule has 164 valence electrons. The molecule has 7 nitrogen and oxygen atoms in total. The van der Waals surface area contributed by atoms with E-state index in [2.05, 4.69) is 10.3 Å². The normalized spacial score (nSPS) is 15.6. The molecule has 0 saturated carbocycles. The molecule has 0 radical (unpaired) electrons. The van der Waals surface area contributed by atoms with Crippen LogP contribution in [0.1, 0.15) is 41.3 Å². The predicted molar refractivity (Wildman–Crippen MR) is 121 cm³/mol. The van der Waals surface area contributed by atoms with Gasteiger partial charge in [-0.3, -0.25) is 4.79 Å². The Kier molecular flexibility index (Phi) is 4.89. The first-order valence-electron chi connectivity index (χ1n) is 10.7. The highest BCUT2D eigenvalue weighted by molar-refractivity contribution is 5.88. The average Bonchev–Trinajstić information content (AvgIpc) is 3.15. The van der Waals surface area contributed by atoms with E-state index in [1.54, 1.807) is 20.1 Å². The molecule has 2 aromatic heterocycles. The van der Waals surface area contributed by atoms with Gasteiger partial charge in [0.25, 0.3) is 0 Å². The van der Waals surface area contributed by atoms with Crippen LogP contribution in [0.2, 0.25) is 0 Å². The van der Waals surface area contributed by atoms with E-state index >= 15 is 0 Å². The lowest BCUT2D eigenvalue weighted by Crippen LogP contribution is -2.33. The number of methoxy groups -OCH3 is 1. The van der Waals surface area contributed by atoms with Crippen molar-refractivity contribution in [3.8, 4) is 11.5 Å². The number of hydrogen-bond acceptors (Lipinski definition) is 5. The SMILES string of the molecule is COc1ccc2[nH]c3c(c2c1)CCC[C@@H]3NC(=O)Cc1c(C)c2ccc(O)cc2oc1=O. The Morgan fingerprint density at radius 3 is 2.91 bits per heavy atom. The van der Waals surface area contributed by atoms with E-state index in [4.69, 9.17) is 9.15 Å². The van der Waals surface area contributed by atoms with E-state index in [1.807, 2.05) is 18.2 Å². The topological polar surface area (TPSA) is 105 Å². The molecule has 2 heterocycles. The fourth-order valence-corrected chi connectivity index (χ4v) is 4.71. The summed E-state index contributed by atoms with van der Waals surface area (Å²) in [4.78, 5) is 28.9. The number of phenolic OH excluding ortho intramolecular Hbond substituents is 1. The molecular weight excluding hydrogens is 408 g/mol. The van der Waals surface area contributed by atoms with Crippen LogP contribution in [0.5, 0.6) is 11.5 Å². The van der Waals surface area contributed by atoms with Crippen LogP contribution in [0, 0.1) is 6.92 Å². The molecule has 0 spiro atoms. The number of benzene rings is 2. The van der Waals surface area contributed by atoms with Crippen molar-refractivity contribution in [2.24, 2.45) is 0 Å². The van der Waals surface area contributed by atoms with Gasteiger partial charge >= 0.3 is 5.63 Å². The van der Waals surface area contributed by atoms with E-state index in [-0.39, 0.29) is 24.1 Å². The van der Waals surface area contributed by atoms with Crippen LogP contribution in [0.4, 0.5) is 0 Å². The summed E-state index contributed by atoms with van der Waals surface area (Å²) in [6.45, 7) is 1.79. The fraction of sp³-hybridized carbons (Fsp3) is 0.280. The maximum absolute atomic E-state index is 12.9. The second-order valence-electron chi connectivity index (χ2n) is 8.29. The number of rotatable bonds is 4. The average molecular weight is 432 g/mol. The first-order valence-corrected chi connectivity index (χ1v) is 10.7. The number of nitrogens with one attached hydrogen (secondary N) is 2. The molecule has 1 aliphatic carbocycles. The molecule has 0 fully saturated rings. The highest BCUT2D eigenvalue weighted by Crippen LogP contribution is 2.36. The highest BCUT2D eigenvalue weighted by Gasteiger charge is 2.26. The van der Waals surface area contributed by atoms with Crippen molar-refractivity contribution in [1.29, 1.82) is 0 Å². The van der Waals surface area contributed by atoms with E-state index in [0.717, 1.165) is 41.6 Å². The molecule has 0 aliphatic heterocycles. The van der Waals surface area contributed by atoms with Gasteiger partial charge < -0.3 is 24.6 Å². The number of fused-ring (bicyclic) bond motifs is 4. The number of carbonyl (C=O) groups is 1. The van der Waals surface area contributed by atoms with Gasteiger partial charge in [0.2, 0.25) is 5.91 Å². The lowest BCUT2D eigenvalue weighted by molar-refractivity contribution is -0.121. The summed E-state index contributed by atoms with van der Waals surface area (Å²) in [5.74, 6) is 0.597. The van der Waals surface area contributed by atoms with Crippen LogP contribution < -0.4 is 15.7 Å². The van der Waals surface area contributed by atoms with E-state index in [0.29, 0.717) is 22.1 Å². The maximum Gasteiger partial charge on any atom is 0.340 e. The van der Waals surface area contributed by atoms with Crippen molar-refractivity contribution in [1.82, 2.24) is 10.3 Å². The summed E-state index contributed by atoms with van der Waals surface area (Å²) >= 11 is 0. The molecule has 3 N–H and O–H groups in total. The number of ether oxygens (including phenoxy) is 1. The zero-order valence-corrected chi connectivity index (χ0v) is 18.0. The zero-order chi connectivity index (χ0) is 22.4. The van der Waals surface area contributed by atoms with Gasteiger partial charge in [0.05, 0.1) is 25.1 Å². The number of hydrogen-bond donors (Lipinski definition) is 3. The van der Waals surface area contributed by atoms with Crippen molar-refractivity contribution in [3.05, 3.63) is 69.2 Å².